The van der Waals surface area contributed by atoms with Gasteiger partial charge in [-0.15, -0.1) is 0 Å². The average Bonchev–Trinajstić information content (AvgIpc) is 3.69. The van der Waals surface area contributed by atoms with Gasteiger partial charge >= 0.3 is 6.09 Å². The number of piperidine rings is 1. The molecule has 352 valence electrons. The number of fused-ring (bicyclic) bond motifs is 2. The number of anilines is 2. The van der Waals surface area contributed by atoms with Crippen molar-refractivity contribution in [2.75, 3.05) is 88.4 Å². The Morgan fingerprint density at radius 3 is 2.00 bits per heavy atom. The summed E-state index contributed by atoms with van der Waals surface area (Å²) in [4.78, 5) is 47.3. The standard InChI is InChI=1S/C53H63N12O3/c1-4-68-52(67)62-28-24-60(25-29-62)47-13-17-57-64-34-40(30-49(47)64)38-7-10-42(11-8-38)53(15-19-54-20-16-53)36-56-45-32-43(45)51(66)61-26-22-59(23-27-61)48-14-18-58-65-35-41(31-50(48)65)39-9-12-44(55-33-39)46-6-5-21-63(46)37(2)3/h7-14,17-18,30-31,33-35,37,43,45-46,54H,4-6,15-16,19-29,32H2,1-3H3/q+1/t43?,45?,46-/m0/s1. The Balaban J connectivity index is 0.721. The lowest BCUT2D eigenvalue weighted by Gasteiger charge is -2.36. The number of ether oxygens (including phenoxy) is 1. The Morgan fingerprint density at radius 1 is 0.779 bits per heavy atom. The second kappa shape index (κ2) is 18.5. The van der Waals surface area contributed by atoms with Gasteiger partial charge in [-0.1, -0.05) is 35.2 Å². The van der Waals surface area contributed by atoms with Crippen LogP contribution in [0.25, 0.3) is 38.1 Å². The van der Waals surface area contributed by atoms with Crippen molar-refractivity contribution in [2.24, 2.45) is 5.92 Å². The summed E-state index contributed by atoms with van der Waals surface area (Å²) >= 11 is 0. The smallest absolute Gasteiger partial charge is 0.409 e. The molecule has 5 fully saturated rings. The predicted octanol–water partition coefficient (Wildman–Crippen LogP) is 7.23. The summed E-state index contributed by atoms with van der Waals surface area (Å²) in [5.41, 5.74) is 10.8. The summed E-state index contributed by atoms with van der Waals surface area (Å²) in [6.07, 6.45) is 14.6. The molecule has 6 aromatic rings. The summed E-state index contributed by atoms with van der Waals surface area (Å²) in [5.74, 6) is 0.136. The van der Waals surface area contributed by atoms with Crippen molar-refractivity contribution in [1.29, 1.82) is 0 Å². The van der Waals surface area contributed by atoms with Crippen molar-refractivity contribution in [3.8, 4) is 28.3 Å². The molecule has 5 aromatic heterocycles. The molecule has 2 unspecified atom stereocenters. The monoisotopic (exact) mass is 916 g/mol. The molecule has 0 radical (unpaired) electrons. The molecule has 3 atom stereocenters. The van der Waals surface area contributed by atoms with Crippen LogP contribution in [0, 0.1) is 12.0 Å². The van der Waals surface area contributed by atoms with Gasteiger partial charge in [-0.2, -0.15) is 10.2 Å². The molecule has 1 saturated carbocycles. The van der Waals surface area contributed by atoms with Crippen LogP contribution in [-0.4, -0.2) is 142 Å². The molecule has 15 nitrogen and oxygen atoms in total. The number of likely N-dealkylation sites (tertiary alicyclic amines) is 1. The lowest BCUT2D eigenvalue weighted by molar-refractivity contribution is -0.132. The van der Waals surface area contributed by atoms with Crippen LogP contribution >= 0.6 is 0 Å². The molecule has 1 N–H and O–H groups in total. The minimum atomic E-state index is -0.309. The highest BCUT2D eigenvalue weighted by Crippen LogP contribution is 2.40. The minimum Gasteiger partial charge on any atom is -0.450 e. The van der Waals surface area contributed by atoms with E-state index in [4.69, 9.17) is 14.6 Å². The van der Waals surface area contributed by atoms with E-state index in [-0.39, 0.29) is 29.4 Å². The first kappa shape index (κ1) is 44.0. The SMILES string of the molecule is CCOC(=O)N1CCN(c2ccnn3cc(-c4ccc(C5(C#[N+]C6CC6C(=O)N6CCN(c7ccnn8cc(-c9ccc([C@@H]%10CCCN%10C(C)C)nc9)cc78)CC6)CCNCC5)cc4)cc23)CC1. The topological polar surface area (TPSA) is 123 Å². The van der Waals surface area contributed by atoms with E-state index >= 15 is 0 Å². The zero-order valence-electron chi connectivity index (χ0n) is 39.6. The van der Waals surface area contributed by atoms with Crippen LogP contribution in [0.15, 0.2) is 91.6 Å². The third-order valence-electron chi connectivity index (χ3n) is 15.2. The van der Waals surface area contributed by atoms with Crippen molar-refractivity contribution in [3.63, 3.8) is 0 Å². The van der Waals surface area contributed by atoms with E-state index in [0.29, 0.717) is 44.9 Å². The zero-order valence-corrected chi connectivity index (χ0v) is 39.6. The molecule has 0 bridgehead atoms. The first-order valence-corrected chi connectivity index (χ1v) is 24.9. The van der Waals surface area contributed by atoms with Crippen LogP contribution in [0.4, 0.5) is 16.2 Å². The van der Waals surface area contributed by atoms with Crippen molar-refractivity contribution < 1.29 is 14.3 Å². The molecule has 5 aliphatic rings. The second-order valence-corrected chi connectivity index (χ2v) is 19.6. The van der Waals surface area contributed by atoms with Crippen LogP contribution in [0.2, 0.25) is 0 Å². The van der Waals surface area contributed by atoms with Crippen molar-refractivity contribution in [3.05, 3.63) is 108 Å². The van der Waals surface area contributed by atoms with Crippen molar-refractivity contribution >= 4 is 34.4 Å². The van der Waals surface area contributed by atoms with Gasteiger partial charge in [-0.05, 0) is 108 Å². The number of carbonyl (C=O) groups excluding carboxylic acids is 2. The molecule has 4 saturated heterocycles. The molecule has 0 spiro atoms. The zero-order chi connectivity index (χ0) is 46.4. The maximum absolute atomic E-state index is 13.9. The molecule has 2 amide bonds. The number of benzene rings is 1. The summed E-state index contributed by atoms with van der Waals surface area (Å²) in [7, 11) is 0. The van der Waals surface area contributed by atoms with E-state index < -0.39 is 0 Å². The number of aromatic nitrogens is 5. The van der Waals surface area contributed by atoms with Crippen LogP contribution in [0.3, 0.4) is 0 Å². The van der Waals surface area contributed by atoms with Gasteiger partial charge in [0.05, 0.1) is 40.8 Å². The number of nitrogens with zero attached hydrogens (tertiary/aromatic N) is 11. The Labute approximate surface area is 398 Å². The lowest BCUT2D eigenvalue weighted by atomic mass is 9.74. The minimum absolute atomic E-state index is 0.0232. The largest absolute Gasteiger partial charge is 0.450 e. The molecule has 15 heteroatoms. The van der Waals surface area contributed by atoms with Gasteiger partial charge in [-0.3, -0.25) is 14.7 Å². The maximum Gasteiger partial charge on any atom is 0.409 e. The lowest BCUT2D eigenvalue weighted by Crippen LogP contribution is -2.49. The molecule has 9 heterocycles. The van der Waals surface area contributed by atoms with Crippen molar-refractivity contribution in [2.45, 2.75) is 76.4 Å². The number of amides is 2. The highest BCUT2D eigenvalue weighted by Gasteiger charge is 2.55. The normalized spacial score (nSPS) is 21.9. The van der Waals surface area contributed by atoms with Crippen LogP contribution in [0.1, 0.15) is 70.2 Å². The fraction of sp³-hybridized carbons (Fsp3) is 0.472. The predicted molar refractivity (Wildman–Crippen MR) is 265 cm³/mol. The summed E-state index contributed by atoms with van der Waals surface area (Å²) in [6.45, 7) is 15.3. The number of rotatable bonds is 9. The summed E-state index contributed by atoms with van der Waals surface area (Å²) < 4.78 is 9.15. The van der Waals surface area contributed by atoms with E-state index in [1.807, 2.05) is 39.4 Å². The van der Waals surface area contributed by atoms with Crippen LogP contribution in [0.5, 0.6) is 0 Å². The molecule has 1 aromatic carbocycles. The van der Waals surface area contributed by atoms with E-state index in [9.17, 15) is 9.59 Å². The third kappa shape index (κ3) is 8.53. The second-order valence-electron chi connectivity index (χ2n) is 19.6. The Kier molecular flexibility index (Phi) is 12.0. The third-order valence-corrected chi connectivity index (χ3v) is 15.2. The molecule has 1 aliphatic carbocycles. The van der Waals surface area contributed by atoms with Gasteiger partial charge in [0.25, 0.3) is 12.1 Å². The Hall–Kier alpha value is -6.50. The van der Waals surface area contributed by atoms with Gasteiger partial charge in [0.2, 0.25) is 5.91 Å². The van der Waals surface area contributed by atoms with Crippen LogP contribution in [-0.2, 0) is 14.9 Å². The average molecular weight is 916 g/mol. The molecular weight excluding hydrogens is 853 g/mol. The molecule has 68 heavy (non-hydrogen) atoms. The molecule has 4 aliphatic heterocycles. The number of hydrogen-bond donors (Lipinski definition) is 1. The van der Waals surface area contributed by atoms with Gasteiger partial charge < -0.3 is 29.7 Å². The van der Waals surface area contributed by atoms with Crippen LogP contribution < -0.4 is 15.1 Å². The molecular formula is C53H63N12O3+. The van der Waals surface area contributed by atoms with Gasteiger partial charge in [-0.25, -0.2) is 13.8 Å². The highest BCUT2D eigenvalue weighted by molar-refractivity contribution is 5.84. The molecule has 11 rings (SSSR count). The number of carbonyl (C=O) groups is 2. The number of piperazine rings is 2. The van der Waals surface area contributed by atoms with E-state index in [2.05, 4.69) is 123 Å². The Morgan fingerprint density at radius 2 is 1.40 bits per heavy atom. The maximum atomic E-state index is 13.9. The first-order valence-electron chi connectivity index (χ1n) is 24.9. The summed E-state index contributed by atoms with van der Waals surface area (Å²) in [5, 5.41) is 12.8. The quantitative estimate of drug-likeness (QED) is 0.159. The van der Waals surface area contributed by atoms with Gasteiger partial charge in [0, 0.05) is 112 Å². The van der Waals surface area contributed by atoms with E-state index in [0.717, 1.165) is 122 Å². The van der Waals surface area contributed by atoms with Crippen molar-refractivity contribution in [1.82, 2.24) is 44.2 Å². The van der Waals surface area contributed by atoms with E-state index in [1.165, 1.54) is 12.0 Å². The fourth-order valence-electron chi connectivity index (χ4n) is 11.2. The highest BCUT2D eigenvalue weighted by atomic mass is 16.6. The van der Waals surface area contributed by atoms with Gasteiger partial charge in [0.15, 0.2) is 0 Å². The fourth-order valence-corrected chi connectivity index (χ4v) is 11.2. The van der Waals surface area contributed by atoms with E-state index in [1.54, 1.807) is 4.90 Å². The number of nitrogens with one attached hydrogen (secondary N) is 1. The first-order chi connectivity index (χ1) is 33.2. The number of hydrogen-bond acceptors (Lipinski definition) is 10. The number of pyridine rings is 1. The van der Waals surface area contributed by atoms with Gasteiger partial charge in [0.1, 0.15) is 11.3 Å². The Bertz CT molecular complexity index is 2840. The summed E-state index contributed by atoms with van der Waals surface area (Å²) in [6, 6.07) is 26.4.